The van der Waals surface area contributed by atoms with Crippen molar-refractivity contribution >= 4 is 17.4 Å². The van der Waals surface area contributed by atoms with E-state index in [-0.39, 0.29) is 18.3 Å². The molecule has 21 heavy (non-hydrogen) atoms. The Balaban J connectivity index is 1.94. The van der Waals surface area contributed by atoms with Crippen LogP contribution in [0.3, 0.4) is 0 Å². The standard InChI is InChI=1S/C16H13NO4/c1-20-12-4-2-3-10(7-12)16(19)11-5-6-14-13(8-11)17-15(18)9-21-14/h2-8H,9H2,1H3,(H,17,18). The van der Waals surface area contributed by atoms with Crippen LogP contribution in [0.1, 0.15) is 15.9 Å². The predicted molar refractivity (Wildman–Crippen MR) is 77.0 cm³/mol. The number of ketones is 1. The first kappa shape index (κ1) is 13.2. The number of nitrogens with one attached hydrogen (secondary N) is 1. The summed E-state index contributed by atoms with van der Waals surface area (Å²) in [6.45, 7) is -0.00379. The van der Waals surface area contributed by atoms with Crippen LogP contribution in [0.4, 0.5) is 5.69 Å². The van der Waals surface area contributed by atoms with Gasteiger partial charge in [0, 0.05) is 11.1 Å². The van der Waals surface area contributed by atoms with E-state index in [1.807, 2.05) is 0 Å². The van der Waals surface area contributed by atoms with Gasteiger partial charge in [0.25, 0.3) is 5.91 Å². The van der Waals surface area contributed by atoms with Gasteiger partial charge in [0.05, 0.1) is 12.8 Å². The largest absolute Gasteiger partial charge is 0.497 e. The average molecular weight is 283 g/mol. The SMILES string of the molecule is COc1cccc(C(=O)c2ccc3c(c2)NC(=O)CO3)c1. The second-order valence-electron chi connectivity index (χ2n) is 4.61. The quantitative estimate of drug-likeness (QED) is 0.877. The zero-order valence-electron chi connectivity index (χ0n) is 11.4. The molecule has 0 bridgehead atoms. The first-order valence-corrected chi connectivity index (χ1v) is 6.43. The molecular formula is C16H13NO4. The van der Waals surface area contributed by atoms with Crippen molar-refractivity contribution in [3.8, 4) is 11.5 Å². The van der Waals surface area contributed by atoms with Gasteiger partial charge in [0.15, 0.2) is 12.4 Å². The van der Waals surface area contributed by atoms with E-state index in [0.29, 0.717) is 28.3 Å². The fourth-order valence-electron chi connectivity index (χ4n) is 2.16. The van der Waals surface area contributed by atoms with E-state index >= 15 is 0 Å². The maximum absolute atomic E-state index is 12.5. The van der Waals surface area contributed by atoms with Gasteiger partial charge in [0.2, 0.25) is 0 Å². The fourth-order valence-corrected chi connectivity index (χ4v) is 2.16. The van der Waals surface area contributed by atoms with Crippen LogP contribution in [-0.2, 0) is 4.79 Å². The van der Waals surface area contributed by atoms with Gasteiger partial charge in [0.1, 0.15) is 11.5 Å². The van der Waals surface area contributed by atoms with Crippen molar-refractivity contribution in [1.82, 2.24) is 0 Å². The summed E-state index contributed by atoms with van der Waals surface area (Å²) in [5.74, 6) is 0.817. The summed E-state index contributed by atoms with van der Waals surface area (Å²) in [5.41, 5.74) is 1.52. The van der Waals surface area contributed by atoms with Crippen LogP contribution in [0.2, 0.25) is 0 Å². The summed E-state index contributed by atoms with van der Waals surface area (Å²) in [7, 11) is 1.55. The number of methoxy groups -OCH3 is 1. The third-order valence-corrected chi connectivity index (χ3v) is 3.21. The van der Waals surface area contributed by atoms with Gasteiger partial charge in [-0.1, -0.05) is 12.1 Å². The number of benzene rings is 2. The van der Waals surface area contributed by atoms with Gasteiger partial charge in [-0.05, 0) is 30.3 Å². The van der Waals surface area contributed by atoms with E-state index in [1.165, 1.54) is 0 Å². The van der Waals surface area contributed by atoms with E-state index in [2.05, 4.69) is 5.32 Å². The van der Waals surface area contributed by atoms with Gasteiger partial charge in [-0.25, -0.2) is 0 Å². The summed E-state index contributed by atoms with van der Waals surface area (Å²) in [6, 6.07) is 11.9. The van der Waals surface area contributed by atoms with E-state index in [0.717, 1.165) is 0 Å². The summed E-state index contributed by atoms with van der Waals surface area (Å²) in [4.78, 5) is 23.8. The highest BCUT2D eigenvalue weighted by atomic mass is 16.5. The minimum atomic E-state index is -0.228. The molecule has 2 aromatic carbocycles. The third kappa shape index (κ3) is 2.58. The van der Waals surface area contributed by atoms with Gasteiger partial charge in [-0.2, -0.15) is 0 Å². The second kappa shape index (κ2) is 5.28. The highest BCUT2D eigenvalue weighted by Gasteiger charge is 2.18. The summed E-state index contributed by atoms with van der Waals surface area (Å²) in [6.07, 6.45) is 0. The number of carbonyl (C=O) groups excluding carboxylic acids is 2. The number of ether oxygens (including phenoxy) is 2. The highest BCUT2D eigenvalue weighted by Crippen LogP contribution is 2.29. The van der Waals surface area contributed by atoms with E-state index in [1.54, 1.807) is 49.6 Å². The Morgan fingerprint density at radius 2 is 2.00 bits per heavy atom. The molecule has 0 radical (unpaired) electrons. The zero-order valence-corrected chi connectivity index (χ0v) is 11.4. The molecule has 106 valence electrons. The Kier molecular flexibility index (Phi) is 3.31. The molecule has 0 spiro atoms. The van der Waals surface area contributed by atoms with Gasteiger partial charge >= 0.3 is 0 Å². The number of hydrogen-bond donors (Lipinski definition) is 1. The molecule has 0 fully saturated rings. The summed E-state index contributed by atoms with van der Waals surface area (Å²) in [5, 5.41) is 2.69. The zero-order chi connectivity index (χ0) is 14.8. The maximum atomic E-state index is 12.5. The van der Waals surface area contributed by atoms with Crippen molar-refractivity contribution in [2.45, 2.75) is 0 Å². The van der Waals surface area contributed by atoms with Crippen LogP contribution < -0.4 is 14.8 Å². The Morgan fingerprint density at radius 1 is 1.19 bits per heavy atom. The number of anilines is 1. The number of amides is 1. The van der Waals surface area contributed by atoms with Crippen LogP contribution in [-0.4, -0.2) is 25.4 Å². The molecule has 0 saturated heterocycles. The van der Waals surface area contributed by atoms with Crippen molar-refractivity contribution < 1.29 is 19.1 Å². The minimum absolute atomic E-state index is 0.00379. The summed E-state index contributed by atoms with van der Waals surface area (Å²) < 4.78 is 10.4. The Bertz CT molecular complexity index is 724. The molecule has 1 amide bonds. The molecule has 5 heteroatoms. The lowest BCUT2D eigenvalue weighted by atomic mass is 10.0. The molecule has 0 aromatic heterocycles. The fraction of sp³-hybridized carbons (Fsp3) is 0.125. The van der Waals surface area contributed by atoms with Crippen molar-refractivity contribution in [1.29, 1.82) is 0 Å². The van der Waals surface area contributed by atoms with Gasteiger partial charge in [-0.15, -0.1) is 0 Å². The lowest BCUT2D eigenvalue weighted by molar-refractivity contribution is -0.118. The number of carbonyl (C=O) groups is 2. The number of rotatable bonds is 3. The lowest BCUT2D eigenvalue weighted by Crippen LogP contribution is -2.25. The Hall–Kier alpha value is -2.82. The van der Waals surface area contributed by atoms with Crippen LogP contribution >= 0.6 is 0 Å². The van der Waals surface area contributed by atoms with Crippen molar-refractivity contribution in [2.24, 2.45) is 0 Å². The minimum Gasteiger partial charge on any atom is -0.497 e. The lowest BCUT2D eigenvalue weighted by Gasteiger charge is -2.18. The Labute approximate surface area is 121 Å². The van der Waals surface area contributed by atoms with Gasteiger partial charge < -0.3 is 14.8 Å². The second-order valence-corrected chi connectivity index (χ2v) is 4.61. The molecule has 2 aromatic rings. The molecule has 5 nitrogen and oxygen atoms in total. The molecule has 1 N–H and O–H groups in total. The van der Waals surface area contributed by atoms with Crippen LogP contribution in [0.15, 0.2) is 42.5 Å². The molecule has 0 aliphatic carbocycles. The third-order valence-electron chi connectivity index (χ3n) is 3.21. The molecule has 1 heterocycles. The number of fused-ring (bicyclic) bond motifs is 1. The highest BCUT2D eigenvalue weighted by molar-refractivity contribution is 6.10. The molecule has 1 aliphatic rings. The van der Waals surface area contributed by atoms with Crippen molar-refractivity contribution in [2.75, 3.05) is 19.0 Å². The molecule has 0 unspecified atom stereocenters. The van der Waals surface area contributed by atoms with E-state index in [4.69, 9.17) is 9.47 Å². The van der Waals surface area contributed by atoms with Crippen molar-refractivity contribution in [3.63, 3.8) is 0 Å². The first-order valence-electron chi connectivity index (χ1n) is 6.43. The smallest absolute Gasteiger partial charge is 0.262 e. The first-order chi connectivity index (χ1) is 10.2. The molecule has 0 saturated carbocycles. The summed E-state index contributed by atoms with van der Waals surface area (Å²) >= 11 is 0. The monoisotopic (exact) mass is 283 g/mol. The topological polar surface area (TPSA) is 64.6 Å². The molecule has 0 atom stereocenters. The van der Waals surface area contributed by atoms with Crippen LogP contribution in [0.5, 0.6) is 11.5 Å². The maximum Gasteiger partial charge on any atom is 0.262 e. The molecule has 1 aliphatic heterocycles. The van der Waals surface area contributed by atoms with E-state index in [9.17, 15) is 9.59 Å². The Morgan fingerprint density at radius 3 is 2.81 bits per heavy atom. The average Bonchev–Trinajstić information content (AvgIpc) is 2.53. The van der Waals surface area contributed by atoms with Crippen molar-refractivity contribution in [3.05, 3.63) is 53.6 Å². The normalized spacial score (nSPS) is 12.9. The predicted octanol–water partition coefficient (Wildman–Crippen LogP) is 2.26. The molecule has 3 rings (SSSR count). The molecular weight excluding hydrogens is 270 g/mol. The van der Waals surface area contributed by atoms with Crippen LogP contribution in [0, 0.1) is 0 Å². The van der Waals surface area contributed by atoms with Gasteiger partial charge in [-0.3, -0.25) is 9.59 Å². The number of hydrogen-bond acceptors (Lipinski definition) is 4. The van der Waals surface area contributed by atoms with Crippen LogP contribution in [0.25, 0.3) is 0 Å². The van der Waals surface area contributed by atoms with E-state index < -0.39 is 0 Å².